The third-order valence-electron chi connectivity index (χ3n) is 4.73. The number of anilines is 1. The fourth-order valence-electron chi connectivity index (χ4n) is 3.28. The van der Waals surface area contributed by atoms with E-state index in [2.05, 4.69) is 20.6 Å². The van der Waals surface area contributed by atoms with Crippen molar-refractivity contribution in [2.75, 3.05) is 5.32 Å². The van der Waals surface area contributed by atoms with E-state index in [1.165, 1.54) is 4.68 Å². The van der Waals surface area contributed by atoms with Gasteiger partial charge in [0.25, 0.3) is 0 Å². The number of carbonyl (C=O) groups is 1. The van der Waals surface area contributed by atoms with Crippen molar-refractivity contribution in [2.45, 2.75) is 38.7 Å². The maximum Gasteiger partial charge on any atom is 0.306 e. The minimum atomic E-state index is -0.774. The van der Waals surface area contributed by atoms with Gasteiger partial charge in [-0.25, -0.2) is 15.1 Å². The van der Waals surface area contributed by atoms with Crippen LogP contribution in [-0.4, -0.2) is 48.3 Å². The summed E-state index contributed by atoms with van der Waals surface area (Å²) in [5, 5.41) is 36.2. The molecule has 0 spiro atoms. The number of nitrogens with zero attached hydrogens (tertiary/aromatic N) is 4. The van der Waals surface area contributed by atoms with Crippen LogP contribution in [0.2, 0.25) is 0 Å². The molecule has 1 aliphatic rings. The SMILES string of the molecule is Cc1nc(-c2nnn(C)c2NC(=N)NO)ccc1OC1CCCC(C(=O)O)C1. The van der Waals surface area contributed by atoms with Crippen LogP contribution in [0.5, 0.6) is 5.75 Å². The van der Waals surface area contributed by atoms with Crippen LogP contribution >= 0.6 is 0 Å². The number of hydrogen-bond acceptors (Lipinski definition) is 7. The van der Waals surface area contributed by atoms with E-state index < -0.39 is 5.97 Å². The van der Waals surface area contributed by atoms with Gasteiger partial charge >= 0.3 is 5.97 Å². The minimum absolute atomic E-state index is 0.147. The van der Waals surface area contributed by atoms with Crippen LogP contribution in [-0.2, 0) is 11.8 Å². The van der Waals surface area contributed by atoms with Crippen LogP contribution in [0.15, 0.2) is 12.1 Å². The predicted molar refractivity (Wildman–Crippen MR) is 99.3 cm³/mol. The Kier molecular flexibility index (Phi) is 5.73. The topological polar surface area (TPSA) is 158 Å². The molecule has 5 N–H and O–H groups in total. The highest BCUT2D eigenvalue weighted by Gasteiger charge is 2.28. The molecule has 2 aromatic rings. The molecule has 150 valence electrons. The lowest BCUT2D eigenvalue weighted by Crippen LogP contribution is -2.29. The first-order chi connectivity index (χ1) is 13.4. The first-order valence-corrected chi connectivity index (χ1v) is 8.92. The van der Waals surface area contributed by atoms with Crippen LogP contribution in [0.25, 0.3) is 11.4 Å². The van der Waals surface area contributed by atoms with E-state index in [4.69, 9.17) is 15.4 Å². The van der Waals surface area contributed by atoms with E-state index in [0.717, 1.165) is 12.8 Å². The number of carboxylic acids is 1. The number of hydroxylamine groups is 1. The molecule has 0 aromatic carbocycles. The second-order valence-corrected chi connectivity index (χ2v) is 6.74. The van der Waals surface area contributed by atoms with Gasteiger partial charge in [0.15, 0.2) is 11.5 Å². The summed E-state index contributed by atoms with van der Waals surface area (Å²) < 4.78 is 7.44. The van der Waals surface area contributed by atoms with Gasteiger partial charge < -0.3 is 15.2 Å². The molecule has 3 rings (SSSR count). The van der Waals surface area contributed by atoms with Gasteiger partial charge in [-0.05, 0) is 44.7 Å². The summed E-state index contributed by atoms with van der Waals surface area (Å²) in [6.45, 7) is 1.80. The van der Waals surface area contributed by atoms with E-state index in [1.54, 1.807) is 31.6 Å². The molecular weight excluding hydrogens is 366 g/mol. The lowest BCUT2D eigenvalue weighted by molar-refractivity contribution is -0.143. The second-order valence-electron chi connectivity index (χ2n) is 6.74. The van der Waals surface area contributed by atoms with Gasteiger partial charge in [0.2, 0.25) is 5.96 Å². The lowest BCUT2D eigenvalue weighted by Gasteiger charge is -2.27. The molecule has 11 nitrogen and oxygen atoms in total. The monoisotopic (exact) mass is 389 g/mol. The summed E-state index contributed by atoms with van der Waals surface area (Å²) >= 11 is 0. The zero-order valence-electron chi connectivity index (χ0n) is 15.6. The minimum Gasteiger partial charge on any atom is -0.489 e. The second kappa shape index (κ2) is 8.21. The Bertz CT molecular complexity index is 882. The highest BCUT2D eigenvalue weighted by atomic mass is 16.5. The van der Waals surface area contributed by atoms with Gasteiger partial charge in [0.1, 0.15) is 5.75 Å². The third kappa shape index (κ3) is 4.19. The van der Waals surface area contributed by atoms with Gasteiger partial charge in [-0.15, -0.1) is 5.10 Å². The number of hydrogen-bond donors (Lipinski definition) is 5. The first kappa shape index (κ1) is 19.5. The van der Waals surface area contributed by atoms with Crippen molar-refractivity contribution >= 4 is 17.7 Å². The van der Waals surface area contributed by atoms with Crippen LogP contribution in [0, 0.1) is 18.3 Å². The fraction of sp³-hybridized carbons (Fsp3) is 0.471. The molecule has 2 heterocycles. The number of aromatic nitrogens is 4. The van der Waals surface area contributed by atoms with Crippen LogP contribution < -0.4 is 15.5 Å². The fourth-order valence-corrected chi connectivity index (χ4v) is 3.28. The number of guanidine groups is 1. The zero-order valence-corrected chi connectivity index (χ0v) is 15.6. The van der Waals surface area contributed by atoms with E-state index in [-0.39, 0.29) is 18.0 Å². The normalized spacial score (nSPS) is 19.1. The Morgan fingerprint density at radius 3 is 2.86 bits per heavy atom. The molecule has 0 saturated heterocycles. The van der Waals surface area contributed by atoms with E-state index >= 15 is 0 Å². The average molecular weight is 389 g/mol. The van der Waals surface area contributed by atoms with Crippen molar-refractivity contribution in [1.29, 1.82) is 5.41 Å². The predicted octanol–water partition coefficient (Wildman–Crippen LogP) is 1.53. The van der Waals surface area contributed by atoms with E-state index in [0.29, 0.717) is 41.5 Å². The first-order valence-electron chi connectivity index (χ1n) is 8.92. The molecule has 0 amide bonds. The number of rotatable bonds is 5. The quantitative estimate of drug-likeness (QED) is 0.290. The standard InChI is InChI=1S/C17H23N7O4/c1-9-13(28-11-5-3-4-10(8-11)16(25)26)7-6-12(19-9)14-15(20-17(18)22-27)24(2)23-21-14/h6-7,10-11,27H,3-5,8H2,1-2H3,(H,25,26)(H3,18,20,22). The van der Waals surface area contributed by atoms with Gasteiger partial charge in [-0.2, -0.15) is 0 Å². The molecule has 2 atom stereocenters. The van der Waals surface area contributed by atoms with Crippen molar-refractivity contribution in [3.8, 4) is 17.1 Å². The number of ether oxygens (including phenoxy) is 1. The summed E-state index contributed by atoms with van der Waals surface area (Å²) in [5.41, 5.74) is 3.29. The molecule has 2 aromatic heterocycles. The highest BCUT2D eigenvalue weighted by molar-refractivity contribution is 5.92. The number of pyridine rings is 1. The number of nitrogens with one attached hydrogen (secondary N) is 3. The number of carboxylic acid groups (broad SMARTS) is 1. The van der Waals surface area contributed by atoms with E-state index in [1.807, 2.05) is 0 Å². The Morgan fingerprint density at radius 2 is 2.18 bits per heavy atom. The molecule has 0 radical (unpaired) electrons. The summed E-state index contributed by atoms with van der Waals surface area (Å²) in [6, 6.07) is 3.50. The molecule has 1 fully saturated rings. The molecule has 28 heavy (non-hydrogen) atoms. The molecule has 1 saturated carbocycles. The van der Waals surface area contributed by atoms with Gasteiger partial charge in [0, 0.05) is 7.05 Å². The Morgan fingerprint density at radius 1 is 1.39 bits per heavy atom. The van der Waals surface area contributed by atoms with Gasteiger partial charge in [-0.1, -0.05) is 5.21 Å². The Hall–Kier alpha value is -3.21. The van der Waals surface area contributed by atoms with Crippen molar-refractivity contribution in [3.63, 3.8) is 0 Å². The number of aryl methyl sites for hydroxylation is 2. The van der Waals surface area contributed by atoms with E-state index in [9.17, 15) is 9.90 Å². The van der Waals surface area contributed by atoms with Gasteiger partial charge in [-0.3, -0.25) is 15.4 Å². The van der Waals surface area contributed by atoms with Crippen molar-refractivity contribution in [3.05, 3.63) is 17.8 Å². The molecule has 0 aliphatic heterocycles. The maximum absolute atomic E-state index is 11.2. The molecule has 2 unspecified atom stereocenters. The lowest BCUT2D eigenvalue weighted by atomic mass is 9.87. The molecule has 1 aliphatic carbocycles. The third-order valence-corrected chi connectivity index (χ3v) is 4.73. The summed E-state index contributed by atoms with van der Waals surface area (Å²) in [5.74, 6) is -0.473. The van der Waals surface area contributed by atoms with Crippen molar-refractivity contribution < 1.29 is 19.8 Å². The summed E-state index contributed by atoms with van der Waals surface area (Å²) in [4.78, 5) is 15.7. The van der Waals surface area contributed by atoms with Gasteiger partial charge in [0.05, 0.1) is 23.4 Å². The largest absolute Gasteiger partial charge is 0.489 e. The smallest absolute Gasteiger partial charge is 0.306 e. The Balaban J connectivity index is 1.78. The summed E-state index contributed by atoms with van der Waals surface area (Å²) in [7, 11) is 1.65. The number of aliphatic carboxylic acids is 1. The van der Waals surface area contributed by atoms with Crippen LogP contribution in [0.1, 0.15) is 31.4 Å². The molecule has 0 bridgehead atoms. The highest BCUT2D eigenvalue weighted by Crippen LogP contribution is 2.31. The Labute approximate surface area is 161 Å². The maximum atomic E-state index is 11.2. The van der Waals surface area contributed by atoms with Crippen molar-refractivity contribution in [1.82, 2.24) is 25.5 Å². The van der Waals surface area contributed by atoms with Crippen molar-refractivity contribution in [2.24, 2.45) is 13.0 Å². The van der Waals surface area contributed by atoms with Crippen LogP contribution in [0.3, 0.4) is 0 Å². The van der Waals surface area contributed by atoms with Crippen LogP contribution in [0.4, 0.5) is 5.82 Å². The molecule has 11 heteroatoms. The summed E-state index contributed by atoms with van der Waals surface area (Å²) in [6.07, 6.45) is 2.67. The molecular formula is C17H23N7O4. The average Bonchev–Trinajstić information content (AvgIpc) is 3.04. The zero-order chi connectivity index (χ0) is 20.3.